The third-order valence-corrected chi connectivity index (χ3v) is 4.84. The lowest BCUT2D eigenvalue weighted by atomic mass is 9.98. The lowest BCUT2D eigenvalue weighted by Gasteiger charge is -2.15. The van der Waals surface area contributed by atoms with Gasteiger partial charge >= 0.3 is 0 Å². The van der Waals surface area contributed by atoms with Crippen LogP contribution in [-0.4, -0.2) is 15.7 Å². The summed E-state index contributed by atoms with van der Waals surface area (Å²) in [6.07, 6.45) is 3.62. The van der Waals surface area contributed by atoms with Gasteiger partial charge in [0, 0.05) is 23.5 Å². The minimum atomic E-state index is -0.0818. The number of pyridine rings is 2. The molecule has 2 aromatic heterocycles. The van der Waals surface area contributed by atoms with Gasteiger partial charge in [-0.2, -0.15) is 0 Å². The Labute approximate surface area is 158 Å². The Hall–Kier alpha value is -3.59. The van der Waals surface area contributed by atoms with E-state index in [0.29, 0.717) is 0 Å². The van der Waals surface area contributed by atoms with Crippen LogP contribution in [0.1, 0.15) is 28.3 Å². The number of fused-ring (bicyclic) bond motifs is 3. The zero-order chi connectivity index (χ0) is 18.1. The fourth-order valence-electron chi connectivity index (χ4n) is 3.60. The van der Waals surface area contributed by atoms with Crippen molar-refractivity contribution in [3.8, 4) is 11.4 Å². The molecule has 0 bridgehead atoms. The van der Waals surface area contributed by atoms with Crippen LogP contribution in [0.15, 0.2) is 102 Å². The van der Waals surface area contributed by atoms with Crippen LogP contribution in [0.4, 0.5) is 0 Å². The number of hydrogen-bond acceptors (Lipinski definition) is 3. The number of nitrogens with zero attached hydrogens (tertiary/aromatic N) is 3. The lowest BCUT2D eigenvalue weighted by molar-refractivity contribution is 0.874. The summed E-state index contributed by atoms with van der Waals surface area (Å²) in [4.78, 5) is 14.4. The largest absolute Gasteiger partial charge is 0.271 e. The highest BCUT2D eigenvalue weighted by molar-refractivity contribution is 6.23. The van der Waals surface area contributed by atoms with E-state index in [1.165, 1.54) is 11.1 Å². The molecular weight excluding hydrogens is 330 g/mol. The Morgan fingerprint density at radius 2 is 1.04 bits per heavy atom. The van der Waals surface area contributed by atoms with Gasteiger partial charge in [-0.15, -0.1) is 0 Å². The van der Waals surface area contributed by atoms with Crippen molar-refractivity contribution in [2.45, 2.75) is 6.04 Å². The first kappa shape index (κ1) is 15.6. The molecule has 27 heavy (non-hydrogen) atoms. The molecule has 1 aliphatic rings. The monoisotopic (exact) mass is 347 g/mol. The van der Waals surface area contributed by atoms with Crippen molar-refractivity contribution in [3.63, 3.8) is 0 Å². The molecule has 0 fully saturated rings. The molecule has 3 heteroatoms. The van der Waals surface area contributed by atoms with Gasteiger partial charge in [0.1, 0.15) is 6.04 Å². The van der Waals surface area contributed by atoms with Gasteiger partial charge in [-0.1, -0.05) is 60.7 Å². The van der Waals surface area contributed by atoms with Gasteiger partial charge in [-0.05, 0) is 35.4 Å². The zero-order valence-corrected chi connectivity index (χ0v) is 14.7. The molecule has 0 unspecified atom stereocenters. The van der Waals surface area contributed by atoms with Gasteiger partial charge in [0.05, 0.1) is 17.1 Å². The van der Waals surface area contributed by atoms with E-state index in [1.54, 1.807) is 0 Å². The van der Waals surface area contributed by atoms with E-state index in [2.05, 4.69) is 70.6 Å². The molecule has 0 N–H and O–H groups in total. The van der Waals surface area contributed by atoms with E-state index in [0.717, 1.165) is 28.2 Å². The second-order valence-corrected chi connectivity index (χ2v) is 6.50. The van der Waals surface area contributed by atoms with E-state index in [9.17, 15) is 0 Å². The fourth-order valence-corrected chi connectivity index (χ4v) is 3.60. The summed E-state index contributed by atoms with van der Waals surface area (Å²) < 4.78 is 0. The molecule has 4 aromatic rings. The van der Waals surface area contributed by atoms with Gasteiger partial charge in [0.2, 0.25) is 0 Å². The van der Waals surface area contributed by atoms with Gasteiger partial charge < -0.3 is 0 Å². The average molecular weight is 347 g/mol. The van der Waals surface area contributed by atoms with E-state index in [4.69, 9.17) is 4.99 Å². The minimum absolute atomic E-state index is 0.0818. The SMILES string of the molecule is c1ccc(C(N=C2c3cccnc3-c3ncccc32)c2ccccc2)cc1. The molecule has 5 rings (SSSR count). The van der Waals surface area contributed by atoms with Crippen molar-refractivity contribution in [1.82, 2.24) is 9.97 Å². The van der Waals surface area contributed by atoms with Crippen LogP contribution in [-0.2, 0) is 0 Å². The second kappa shape index (κ2) is 6.61. The van der Waals surface area contributed by atoms with Crippen LogP contribution in [0.25, 0.3) is 11.4 Å². The third kappa shape index (κ3) is 2.74. The Morgan fingerprint density at radius 1 is 0.556 bits per heavy atom. The first-order valence-electron chi connectivity index (χ1n) is 9.00. The number of hydrogen-bond donors (Lipinski definition) is 0. The third-order valence-electron chi connectivity index (χ3n) is 4.84. The summed E-state index contributed by atoms with van der Waals surface area (Å²) in [6, 6.07) is 28.8. The summed E-state index contributed by atoms with van der Waals surface area (Å²) in [5.74, 6) is 0. The van der Waals surface area contributed by atoms with E-state index in [-0.39, 0.29) is 6.04 Å². The van der Waals surface area contributed by atoms with Crippen molar-refractivity contribution < 1.29 is 0 Å². The molecule has 3 nitrogen and oxygen atoms in total. The predicted octanol–water partition coefficient (Wildman–Crippen LogP) is 5.08. The second-order valence-electron chi connectivity index (χ2n) is 6.50. The number of aliphatic imine (C=N–C) groups is 1. The maximum absolute atomic E-state index is 5.24. The zero-order valence-electron chi connectivity index (χ0n) is 14.7. The molecule has 128 valence electrons. The molecule has 2 heterocycles. The first-order chi connectivity index (χ1) is 13.4. The predicted molar refractivity (Wildman–Crippen MR) is 108 cm³/mol. The summed E-state index contributed by atoms with van der Waals surface area (Å²) in [6.45, 7) is 0. The molecule has 0 saturated carbocycles. The van der Waals surface area contributed by atoms with E-state index >= 15 is 0 Å². The summed E-state index contributed by atoms with van der Waals surface area (Å²) in [7, 11) is 0. The van der Waals surface area contributed by atoms with Crippen LogP contribution in [0.2, 0.25) is 0 Å². The standard InChI is InChI=1S/C24H17N3/c1-3-9-17(10-4-1)21(18-11-5-2-6-12-18)27-22-19-13-7-15-25-23(19)24-20(22)14-8-16-26-24/h1-16,21H. The van der Waals surface area contributed by atoms with Crippen molar-refractivity contribution in [1.29, 1.82) is 0 Å². The number of rotatable bonds is 3. The maximum Gasteiger partial charge on any atom is 0.101 e. The normalized spacial score (nSPS) is 12.0. The molecule has 0 radical (unpaired) electrons. The molecule has 0 atom stereocenters. The molecular formula is C24H17N3. The van der Waals surface area contributed by atoms with Gasteiger partial charge in [-0.25, -0.2) is 0 Å². The first-order valence-corrected chi connectivity index (χ1v) is 9.00. The maximum atomic E-state index is 5.24. The van der Waals surface area contributed by atoms with Gasteiger partial charge in [0.15, 0.2) is 0 Å². The summed E-state index contributed by atoms with van der Waals surface area (Å²) in [5, 5.41) is 0. The van der Waals surface area contributed by atoms with Crippen molar-refractivity contribution >= 4 is 5.71 Å². The lowest BCUT2D eigenvalue weighted by Crippen LogP contribution is -2.05. The van der Waals surface area contributed by atoms with Gasteiger partial charge in [0.25, 0.3) is 0 Å². The Kier molecular flexibility index (Phi) is 3.83. The molecule has 0 spiro atoms. The highest BCUT2D eigenvalue weighted by atomic mass is 14.9. The van der Waals surface area contributed by atoms with Gasteiger partial charge in [-0.3, -0.25) is 15.0 Å². The Bertz CT molecular complexity index is 1030. The van der Waals surface area contributed by atoms with Crippen LogP contribution in [0.3, 0.4) is 0 Å². The number of aromatic nitrogens is 2. The van der Waals surface area contributed by atoms with Crippen molar-refractivity contribution in [3.05, 3.63) is 120 Å². The van der Waals surface area contributed by atoms with Crippen LogP contribution < -0.4 is 0 Å². The molecule has 2 aromatic carbocycles. The van der Waals surface area contributed by atoms with E-state index in [1.807, 2.05) is 36.7 Å². The smallest absolute Gasteiger partial charge is 0.101 e. The quantitative estimate of drug-likeness (QED) is 0.456. The highest BCUT2D eigenvalue weighted by Crippen LogP contribution is 2.36. The highest BCUT2D eigenvalue weighted by Gasteiger charge is 2.28. The van der Waals surface area contributed by atoms with Crippen LogP contribution in [0.5, 0.6) is 0 Å². The van der Waals surface area contributed by atoms with Crippen molar-refractivity contribution in [2.75, 3.05) is 0 Å². The number of benzene rings is 2. The molecule has 0 saturated heterocycles. The summed E-state index contributed by atoms with van der Waals surface area (Å²) in [5.41, 5.74) is 7.20. The van der Waals surface area contributed by atoms with Crippen LogP contribution in [0, 0.1) is 0 Å². The molecule has 0 aliphatic heterocycles. The molecule has 0 amide bonds. The van der Waals surface area contributed by atoms with Crippen LogP contribution >= 0.6 is 0 Å². The topological polar surface area (TPSA) is 38.1 Å². The molecule has 1 aliphatic carbocycles. The van der Waals surface area contributed by atoms with Crippen molar-refractivity contribution in [2.24, 2.45) is 4.99 Å². The minimum Gasteiger partial charge on any atom is -0.271 e. The fraction of sp³-hybridized carbons (Fsp3) is 0.0417. The Balaban J connectivity index is 1.73. The van der Waals surface area contributed by atoms with E-state index < -0.39 is 0 Å². The Morgan fingerprint density at radius 3 is 1.52 bits per heavy atom. The summed E-state index contributed by atoms with van der Waals surface area (Å²) >= 11 is 0. The average Bonchev–Trinajstić information content (AvgIpc) is 3.07.